The Hall–Kier alpha value is -1.96. The van der Waals surface area contributed by atoms with Gasteiger partial charge in [0, 0.05) is 17.5 Å². The molecule has 91 valence electrons. The van der Waals surface area contributed by atoms with Crippen LogP contribution in [0.25, 0.3) is 0 Å². The van der Waals surface area contributed by atoms with Crippen molar-refractivity contribution in [1.29, 1.82) is 0 Å². The summed E-state index contributed by atoms with van der Waals surface area (Å²) in [7, 11) is 0. The average Bonchev–Trinajstić information content (AvgIpc) is 2.40. The van der Waals surface area contributed by atoms with Crippen molar-refractivity contribution in [3.8, 4) is 0 Å². The van der Waals surface area contributed by atoms with Gasteiger partial charge in [-0.25, -0.2) is 0 Å². The van der Waals surface area contributed by atoms with Crippen LogP contribution in [0.3, 0.4) is 0 Å². The Kier molecular flexibility index (Phi) is 3.56. The summed E-state index contributed by atoms with van der Waals surface area (Å²) in [6.07, 6.45) is 4.69. The van der Waals surface area contributed by atoms with E-state index in [1.165, 1.54) is 22.3 Å². The number of benzene rings is 1. The first-order chi connectivity index (χ1) is 8.61. The molecule has 1 radical (unpaired) electrons. The van der Waals surface area contributed by atoms with Crippen molar-refractivity contribution in [1.82, 2.24) is 4.98 Å². The molecule has 1 heterocycles. The van der Waals surface area contributed by atoms with E-state index >= 15 is 0 Å². The molecule has 0 saturated carbocycles. The van der Waals surface area contributed by atoms with Gasteiger partial charge in [-0.1, -0.05) is 24.3 Å². The van der Waals surface area contributed by atoms with Gasteiger partial charge in [-0.3, -0.25) is 9.78 Å². The molecule has 0 unspecified atom stereocenters. The maximum Gasteiger partial charge on any atom is 0.233 e. The van der Waals surface area contributed by atoms with Gasteiger partial charge in [0.05, 0.1) is 0 Å². The Morgan fingerprint density at radius 3 is 2.39 bits per heavy atom. The smallest absolute Gasteiger partial charge is 0.233 e. The molecule has 0 spiro atoms. The number of hydrogen-bond acceptors (Lipinski definition) is 2. The minimum atomic E-state index is 0.595. The highest BCUT2D eigenvalue weighted by molar-refractivity contribution is 5.75. The number of rotatable bonds is 3. The molecule has 0 atom stereocenters. The number of carbonyl (C=O) groups excluding carboxylic acids is 1. The highest BCUT2D eigenvalue weighted by Crippen LogP contribution is 2.19. The summed E-state index contributed by atoms with van der Waals surface area (Å²) in [5, 5.41) is 0. The van der Waals surface area contributed by atoms with Gasteiger partial charge < -0.3 is 0 Å². The average molecular weight is 238 g/mol. The number of aryl methyl sites for hydroxylation is 2. The zero-order valence-electron chi connectivity index (χ0n) is 10.9. The number of pyridine rings is 1. The summed E-state index contributed by atoms with van der Waals surface area (Å²) in [5.74, 6) is 0. The minimum Gasteiger partial charge on any atom is -0.285 e. The first kappa shape index (κ1) is 12.5. The summed E-state index contributed by atoms with van der Waals surface area (Å²) in [6.45, 7) is 6.23. The molecule has 0 amide bonds. The largest absolute Gasteiger partial charge is 0.285 e. The van der Waals surface area contributed by atoms with E-state index < -0.39 is 0 Å². The van der Waals surface area contributed by atoms with Gasteiger partial charge in [0.25, 0.3) is 0 Å². The minimum absolute atomic E-state index is 0.595. The van der Waals surface area contributed by atoms with E-state index in [-0.39, 0.29) is 0 Å². The Morgan fingerprint density at radius 2 is 1.78 bits per heavy atom. The summed E-state index contributed by atoms with van der Waals surface area (Å²) in [5.41, 5.74) is 6.66. The van der Waals surface area contributed by atoms with Crippen LogP contribution in [0.1, 0.15) is 33.5 Å². The van der Waals surface area contributed by atoms with Crippen molar-refractivity contribution in [3.05, 3.63) is 64.0 Å². The highest BCUT2D eigenvalue weighted by Gasteiger charge is 2.07. The molecular weight excluding hydrogens is 222 g/mol. The first-order valence-corrected chi connectivity index (χ1v) is 6.00. The van der Waals surface area contributed by atoms with Crippen LogP contribution in [0, 0.1) is 20.8 Å². The van der Waals surface area contributed by atoms with Crippen LogP contribution in [0.15, 0.2) is 30.5 Å². The van der Waals surface area contributed by atoms with Gasteiger partial charge in [0.2, 0.25) is 6.29 Å². The van der Waals surface area contributed by atoms with Crippen LogP contribution in [-0.2, 0) is 11.2 Å². The molecule has 2 nitrogen and oxygen atoms in total. The normalized spacial score (nSPS) is 10.4. The van der Waals surface area contributed by atoms with Crippen LogP contribution in [0.5, 0.6) is 0 Å². The lowest BCUT2D eigenvalue weighted by Gasteiger charge is -2.11. The molecule has 2 aromatic rings. The van der Waals surface area contributed by atoms with Crippen molar-refractivity contribution in [2.45, 2.75) is 27.2 Å². The monoisotopic (exact) mass is 238 g/mol. The van der Waals surface area contributed by atoms with Crippen molar-refractivity contribution < 1.29 is 4.79 Å². The maximum atomic E-state index is 10.5. The van der Waals surface area contributed by atoms with Crippen molar-refractivity contribution in [3.63, 3.8) is 0 Å². The van der Waals surface area contributed by atoms with E-state index in [0.717, 1.165) is 12.1 Å². The fourth-order valence-corrected chi connectivity index (χ4v) is 2.05. The number of nitrogens with zero attached hydrogens (tertiary/aromatic N) is 1. The standard InChI is InChI=1S/C16H16NO/c1-11-9-17-13(3)12(2)16(11)8-14-4-6-15(10-18)7-5-14/h4-7,9H,8H2,1-3H3. The summed E-state index contributed by atoms with van der Waals surface area (Å²) in [4.78, 5) is 14.9. The molecule has 1 aromatic carbocycles. The second kappa shape index (κ2) is 5.13. The molecule has 0 aliphatic heterocycles. The lowest BCUT2D eigenvalue weighted by atomic mass is 9.96. The van der Waals surface area contributed by atoms with Crippen molar-refractivity contribution in [2.24, 2.45) is 0 Å². The van der Waals surface area contributed by atoms with E-state index in [1.807, 2.05) is 31.5 Å². The molecule has 1 aromatic heterocycles. The quantitative estimate of drug-likeness (QED) is 0.822. The van der Waals surface area contributed by atoms with E-state index in [0.29, 0.717) is 5.56 Å². The van der Waals surface area contributed by atoms with Crippen LogP contribution < -0.4 is 0 Å². The second-order valence-corrected chi connectivity index (χ2v) is 4.61. The van der Waals surface area contributed by atoms with Gasteiger partial charge >= 0.3 is 0 Å². The molecule has 0 saturated heterocycles. The lowest BCUT2D eigenvalue weighted by molar-refractivity contribution is 0.563. The molecule has 0 aliphatic rings. The Balaban J connectivity index is 2.33. The fourth-order valence-electron chi connectivity index (χ4n) is 2.05. The Labute approximate surface area is 108 Å². The molecular formula is C16H16NO. The van der Waals surface area contributed by atoms with Gasteiger partial charge in [0.15, 0.2) is 0 Å². The van der Waals surface area contributed by atoms with Gasteiger partial charge in [-0.05, 0) is 49.4 Å². The van der Waals surface area contributed by atoms with E-state index in [1.54, 1.807) is 12.1 Å². The summed E-state index contributed by atoms with van der Waals surface area (Å²) in [6, 6.07) is 7.58. The second-order valence-electron chi connectivity index (χ2n) is 4.61. The van der Waals surface area contributed by atoms with Crippen LogP contribution in [-0.4, -0.2) is 11.3 Å². The zero-order valence-corrected chi connectivity index (χ0v) is 10.9. The SMILES string of the molecule is Cc1cnc(C)c(C)c1Cc1ccc([C]=O)cc1. The summed E-state index contributed by atoms with van der Waals surface area (Å²) >= 11 is 0. The van der Waals surface area contributed by atoms with Gasteiger partial charge in [-0.2, -0.15) is 0 Å². The predicted molar refractivity (Wildman–Crippen MR) is 72.5 cm³/mol. The third-order valence-corrected chi connectivity index (χ3v) is 3.38. The molecule has 0 aliphatic carbocycles. The fraction of sp³-hybridized carbons (Fsp3) is 0.250. The van der Waals surface area contributed by atoms with Crippen molar-refractivity contribution >= 4 is 6.29 Å². The van der Waals surface area contributed by atoms with Gasteiger partial charge in [0.1, 0.15) is 0 Å². The predicted octanol–water partition coefficient (Wildman–Crippen LogP) is 3.06. The molecule has 0 fully saturated rings. The van der Waals surface area contributed by atoms with Gasteiger partial charge in [-0.15, -0.1) is 0 Å². The van der Waals surface area contributed by atoms with Crippen molar-refractivity contribution in [2.75, 3.05) is 0 Å². The number of hydrogen-bond donors (Lipinski definition) is 0. The van der Waals surface area contributed by atoms with E-state index in [4.69, 9.17) is 0 Å². The van der Waals surface area contributed by atoms with Crippen LogP contribution in [0.2, 0.25) is 0 Å². The molecule has 2 heteroatoms. The lowest BCUT2D eigenvalue weighted by Crippen LogP contribution is -2.00. The molecule has 2 rings (SSSR count). The van der Waals surface area contributed by atoms with E-state index in [2.05, 4.69) is 18.8 Å². The Bertz CT molecular complexity index is 570. The summed E-state index contributed by atoms with van der Waals surface area (Å²) < 4.78 is 0. The highest BCUT2D eigenvalue weighted by atomic mass is 16.1. The molecule has 18 heavy (non-hydrogen) atoms. The third kappa shape index (κ3) is 2.48. The maximum absolute atomic E-state index is 10.5. The number of aromatic nitrogens is 1. The topological polar surface area (TPSA) is 30.0 Å². The van der Waals surface area contributed by atoms with E-state index in [9.17, 15) is 4.79 Å². The third-order valence-electron chi connectivity index (χ3n) is 3.38. The van der Waals surface area contributed by atoms with Crippen LogP contribution in [0.4, 0.5) is 0 Å². The van der Waals surface area contributed by atoms with Crippen LogP contribution >= 0.6 is 0 Å². The molecule has 0 N–H and O–H groups in total. The molecule has 0 bridgehead atoms. The zero-order chi connectivity index (χ0) is 13.1. The first-order valence-electron chi connectivity index (χ1n) is 6.00. The Morgan fingerprint density at radius 1 is 1.11 bits per heavy atom.